The maximum absolute atomic E-state index is 13.6. The van der Waals surface area contributed by atoms with Crippen LogP contribution in [0.2, 0.25) is 0 Å². The van der Waals surface area contributed by atoms with E-state index in [1.807, 2.05) is 72.8 Å². The Labute approximate surface area is 242 Å². The summed E-state index contributed by atoms with van der Waals surface area (Å²) in [6, 6.07) is 25.5. The van der Waals surface area contributed by atoms with Crippen molar-refractivity contribution in [3.63, 3.8) is 0 Å². The molecule has 0 unspecified atom stereocenters. The maximum Gasteiger partial charge on any atom is 0.305 e. The zero-order valence-electron chi connectivity index (χ0n) is 23.6. The molecule has 0 aliphatic carbocycles. The van der Waals surface area contributed by atoms with Gasteiger partial charge in [0.25, 0.3) is 5.91 Å². The highest BCUT2D eigenvalue weighted by Gasteiger charge is 2.25. The molecule has 2 atom stereocenters. The van der Waals surface area contributed by atoms with Crippen molar-refractivity contribution >= 4 is 17.8 Å². The number of carbonyl (C=O) groups is 3. The lowest BCUT2D eigenvalue weighted by molar-refractivity contribution is -0.144. The van der Waals surface area contributed by atoms with E-state index in [0.717, 1.165) is 49.5 Å². The van der Waals surface area contributed by atoms with Gasteiger partial charge in [-0.3, -0.25) is 19.3 Å². The lowest BCUT2D eigenvalue weighted by Crippen LogP contribution is -2.52. The monoisotopic (exact) mass is 557 g/mol. The van der Waals surface area contributed by atoms with E-state index in [1.54, 1.807) is 19.1 Å². The third-order valence-electron chi connectivity index (χ3n) is 7.04. The van der Waals surface area contributed by atoms with Crippen molar-refractivity contribution in [3.05, 3.63) is 107 Å². The predicted octanol–water partition coefficient (Wildman–Crippen LogP) is 3.54. The Morgan fingerprint density at radius 2 is 1.41 bits per heavy atom. The highest BCUT2D eigenvalue weighted by molar-refractivity contribution is 5.97. The van der Waals surface area contributed by atoms with E-state index in [-0.39, 0.29) is 30.8 Å². The van der Waals surface area contributed by atoms with E-state index in [1.165, 1.54) is 0 Å². The highest BCUT2D eigenvalue weighted by atomic mass is 16.5. The molecular formula is C33H39N3O5. The van der Waals surface area contributed by atoms with Crippen molar-refractivity contribution in [1.82, 2.24) is 15.5 Å². The SMILES string of the molecule is CCC(=O)OC[C@H](Cc1ccccc1)NC(=O)[C@H](Cc1ccccc1)NC(=O)c1ccc(CN2CCOCC2)cc1. The van der Waals surface area contributed by atoms with Crippen LogP contribution in [-0.2, 0) is 38.4 Å². The first kappa shape index (κ1) is 30.0. The largest absolute Gasteiger partial charge is 0.463 e. The number of esters is 1. The molecule has 3 aromatic carbocycles. The summed E-state index contributed by atoms with van der Waals surface area (Å²) in [4.78, 5) is 41.1. The van der Waals surface area contributed by atoms with Crippen LogP contribution in [0.15, 0.2) is 84.9 Å². The van der Waals surface area contributed by atoms with Crippen molar-refractivity contribution < 1.29 is 23.9 Å². The van der Waals surface area contributed by atoms with E-state index < -0.39 is 12.1 Å². The van der Waals surface area contributed by atoms with Crippen LogP contribution in [0.25, 0.3) is 0 Å². The Bertz CT molecular complexity index is 1240. The van der Waals surface area contributed by atoms with Crippen LogP contribution in [0.5, 0.6) is 0 Å². The minimum atomic E-state index is -0.821. The van der Waals surface area contributed by atoms with Crippen molar-refractivity contribution in [1.29, 1.82) is 0 Å². The molecule has 1 saturated heterocycles. The summed E-state index contributed by atoms with van der Waals surface area (Å²) in [5.41, 5.74) is 3.53. The van der Waals surface area contributed by atoms with Crippen LogP contribution in [0.4, 0.5) is 0 Å². The second kappa shape index (κ2) is 15.7. The van der Waals surface area contributed by atoms with Crippen molar-refractivity contribution in [3.8, 4) is 0 Å². The summed E-state index contributed by atoms with van der Waals surface area (Å²) in [7, 11) is 0. The van der Waals surface area contributed by atoms with Gasteiger partial charge in [-0.15, -0.1) is 0 Å². The van der Waals surface area contributed by atoms with Gasteiger partial charge in [-0.05, 0) is 35.2 Å². The number of hydrogen-bond acceptors (Lipinski definition) is 6. The van der Waals surface area contributed by atoms with Gasteiger partial charge in [-0.2, -0.15) is 0 Å². The van der Waals surface area contributed by atoms with Gasteiger partial charge in [0.1, 0.15) is 12.6 Å². The molecule has 1 fully saturated rings. The first-order valence-corrected chi connectivity index (χ1v) is 14.2. The zero-order valence-corrected chi connectivity index (χ0v) is 23.6. The third-order valence-corrected chi connectivity index (χ3v) is 7.04. The third kappa shape index (κ3) is 9.84. The van der Waals surface area contributed by atoms with E-state index >= 15 is 0 Å². The summed E-state index contributed by atoms with van der Waals surface area (Å²) < 4.78 is 10.8. The quantitative estimate of drug-likeness (QED) is 0.312. The Kier molecular flexibility index (Phi) is 11.5. The number of carbonyl (C=O) groups excluding carboxylic acids is 3. The summed E-state index contributed by atoms with van der Waals surface area (Å²) in [5, 5.41) is 5.97. The number of morpholine rings is 1. The molecule has 2 N–H and O–H groups in total. The average Bonchev–Trinajstić information content (AvgIpc) is 3.01. The van der Waals surface area contributed by atoms with Gasteiger partial charge in [-0.1, -0.05) is 79.7 Å². The second-order valence-electron chi connectivity index (χ2n) is 10.2. The molecule has 1 heterocycles. The summed E-state index contributed by atoms with van der Waals surface area (Å²) in [6.45, 7) is 5.83. The van der Waals surface area contributed by atoms with E-state index in [4.69, 9.17) is 9.47 Å². The lowest BCUT2D eigenvalue weighted by Gasteiger charge is -2.26. The Balaban J connectivity index is 1.45. The minimum absolute atomic E-state index is 0.0456. The Hall–Kier alpha value is -4.01. The van der Waals surface area contributed by atoms with Crippen LogP contribution in [0.1, 0.15) is 40.4 Å². The topological polar surface area (TPSA) is 97.0 Å². The lowest BCUT2D eigenvalue weighted by atomic mass is 10.0. The van der Waals surface area contributed by atoms with Gasteiger partial charge >= 0.3 is 5.97 Å². The number of benzene rings is 3. The van der Waals surface area contributed by atoms with Gasteiger partial charge in [0.15, 0.2) is 0 Å². The molecule has 216 valence electrons. The molecule has 4 rings (SSSR count). The van der Waals surface area contributed by atoms with Crippen molar-refractivity contribution in [2.75, 3.05) is 32.9 Å². The van der Waals surface area contributed by atoms with Gasteiger partial charge in [0, 0.05) is 38.0 Å². The number of ether oxygens (including phenoxy) is 2. The molecule has 8 nitrogen and oxygen atoms in total. The molecular weight excluding hydrogens is 518 g/mol. The first-order valence-electron chi connectivity index (χ1n) is 14.2. The van der Waals surface area contributed by atoms with E-state index in [0.29, 0.717) is 18.4 Å². The molecule has 0 saturated carbocycles. The molecule has 0 aromatic heterocycles. The fraction of sp³-hybridized carbons (Fsp3) is 0.364. The molecule has 0 radical (unpaired) electrons. The fourth-order valence-corrected chi connectivity index (χ4v) is 4.73. The van der Waals surface area contributed by atoms with Crippen molar-refractivity contribution in [2.45, 2.75) is 44.8 Å². The number of amides is 2. The minimum Gasteiger partial charge on any atom is -0.463 e. The molecule has 1 aliphatic heterocycles. The number of rotatable bonds is 13. The van der Waals surface area contributed by atoms with Crippen LogP contribution >= 0.6 is 0 Å². The Morgan fingerprint density at radius 1 is 0.805 bits per heavy atom. The van der Waals surface area contributed by atoms with Crippen LogP contribution in [0.3, 0.4) is 0 Å². The Morgan fingerprint density at radius 3 is 2.02 bits per heavy atom. The molecule has 1 aliphatic rings. The highest BCUT2D eigenvalue weighted by Crippen LogP contribution is 2.12. The number of nitrogens with one attached hydrogen (secondary N) is 2. The normalized spacial score (nSPS) is 15.0. The number of nitrogens with zero attached hydrogens (tertiary/aromatic N) is 1. The summed E-state index contributed by atoms with van der Waals surface area (Å²) >= 11 is 0. The average molecular weight is 558 g/mol. The zero-order chi connectivity index (χ0) is 28.9. The molecule has 3 aromatic rings. The van der Waals surface area contributed by atoms with Crippen molar-refractivity contribution in [2.24, 2.45) is 0 Å². The van der Waals surface area contributed by atoms with E-state index in [9.17, 15) is 14.4 Å². The van der Waals surface area contributed by atoms with Crippen LogP contribution in [-0.4, -0.2) is 67.7 Å². The predicted molar refractivity (Wildman–Crippen MR) is 157 cm³/mol. The molecule has 0 bridgehead atoms. The molecule has 0 spiro atoms. The van der Waals surface area contributed by atoms with E-state index in [2.05, 4.69) is 15.5 Å². The fourth-order valence-electron chi connectivity index (χ4n) is 4.73. The summed E-state index contributed by atoms with van der Waals surface area (Å²) in [5.74, 6) is -0.987. The van der Waals surface area contributed by atoms with Gasteiger partial charge < -0.3 is 20.1 Å². The van der Waals surface area contributed by atoms with Crippen LogP contribution < -0.4 is 10.6 Å². The molecule has 8 heteroatoms. The standard InChI is InChI=1S/C33H39N3O5/c1-2-31(37)41-24-29(21-25-9-5-3-6-10-25)34-33(39)30(22-26-11-7-4-8-12-26)35-32(38)28-15-13-27(14-16-28)23-36-17-19-40-20-18-36/h3-16,29-30H,2,17-24H2,1H3,(H,34,39)(H,35,38)/t29-,30-/m0/s1. The first-order chi connectivity index (χ1) is 20.0. The summed E-state index contributed by atoms with van der Waals surface area (Å²) in [6.07, 6.45) is 1.06. The second-order valence-corrected chi connectivity index (χ2v) is 10.2. The molecule has 41 heavy (non-hydrogen) atoms. The van der Waals surface area contributed by atoms with Crippen LogP contribution in [0, 0.1) is 0 Å². The van der Waals surface area contributed by atoms with Gasteiger partial charge in [0.2, 0.25) is 5.91 Å². The smallest absolute Gasteiger partial charge is 0.305 e. The maximum atomic E-state index is 13.6. The molecule has 2 amide bonds. The number of hydrogen-bond donors (Lipinski definition) is 2. The van der Waals surface area contributed by atoms with Gasteiger partial charge in [-0.25, -0.2) is 0 Å². The van der Waals surface area contributed by atoms with Gasteiger partial charge in [0.05, 0.1) is 19.3 Å².